The number of nitrogens with zero attached hydrogens (tertiary/aromatic N) is 6. The maximum atomic E-state index is 12.1. The third-order valence-corrected chi connectivity index (χ3v) is 7.19. The van der Waals surface area contributed by atoms with Crippen LogP contribution in [0.15, 0.2) is 39.4 Å². The molecule has 0 radical (unpaired) electrons. The second-order valence-corrected chi connectivity index (χ2v) is 10.3. The van der Waals surface area contributed by atoms with Crippen LogP contribution in [0.2, 0.25) is 0 Å². The Morgan fingerprint density at radius 3 is 2.20 bits per heavy atom. The van der Waals surface area contributed by atoms with Crippen LogP contribution in [-0.2, 0) is 42.8 Å². The van der Waals surface area contributed by atoms with E-state index in [1.165, 1.54) is 25.6 Å². The number of esters is 3. The summed E-state index contributed by atoms with van der Waals surface area (Å²) in [5, 5.41) is 17.9. The molecule has 0 bridgehead atoms. The minimum absolute atomic E-state index is 0.292. The molecule has 3 rings (SSSR count). The third-order valence-electron chi connectivity index (χ3n) is 6.04. The van der Waals surface area contributed by atoms with Gasteiger partial charge in [0, 0.05) is 35.5 Å². The van der Waals surface area contributed by atoms with Crippen LogP contribution in [0.5, 0.6) is 0 Å². The highest BCUT2D eigenvalue weighted by atomic mass is 32.2. The molecule has 0 amide bonds. The minimum Gasteiger partial charge on any atom is -0.463 e. The van der Waals surface area contributed by atoms with Gasteiger partial charge in [-0.1, -0.05) is 39.7 Å². The van der Waals surface area contributed by atoms with Crippen molar-refractivity contribution in [1.82, 2.24) is 0 Å². The lowest BCUT2D eigenvalue weighted by Gasteiger charge is -2.43. The number of azide groups is 2. The monoisotopic (exact) mass is 594 g/mol. The third kappa shape index (κ3) is 8.71. The van der Waals surface area contributed by atoms with Crippen molar-refractivity contribution in [2.45, 2.75) is 87.0 Å². The van der Waals surface area contributed by atoms with E-state index in [9.17, 15) is 25.0 Å². The van der Waals surface area contributed by atoms with Crippen LogP contribution in [0.25, 0.3) is 20.9 Å². The SMILES string of the molecule is CC(=O)OC[C@H]1O[C@@H](Sc2ccc(C)cc2)[C@H](OC(C)=O)[C@@H]1O[C@H]1O[C@@H](CN=[N+]=[N-])[C@@H](O)[C@H](OC(C)=O)C1N=[N+]=[N-]. The number of hydrogen-bond acceptors (Lipinski definition) is 13. The van der Waals surface area contributed by atoms with Crippen LogP contribution in [0, 0.1) is 6.92 Å². The summed E-state index contributed by atoms with van der Waals surface area (Å²) in [7, 11) is 0. The summed E-state index contributed by atoms with van der Waals surface area (Å²) in [6.07, 6.45) is -8.96. The fourth-order valence-corrected chi connectivity index (χ4v) is 5.40. The lowest BCUT2D eigenvalue weighted by molar-refractivity contribution is -0.282. The average molecular weight is 595 g/mol. The molecule has 16 nitrogen and oxygen atoms in total. The summed E-state index contributed by atoms with van der Waals surface area (Å²) in [6.45, 7) is 4.76. The van der Waals surface area contributed by atoms with Crippen molar-refractivity contribution in [3.05, 3.63) is 50.7 Å². The first-order valence-electron chi connectivity index (χ1n) is 12.4. The Balaban J connectivity index is 1.99. The van der Waals surface area contributed by atoms with Gasteiger partial charge in [0.1, 0.15) is 42.5 Å². The van der Waals surface area contributed by atoms with E-state index in [4.69, 9.17) is 34.0 Å². The highest BCUT2D eigenvalue weighted by Gasteiger charge is 2.54. The van der Waals surface area contributed by atoms with E-state index < -0.39 is 72.3 Å². The van der Waals surface area contributed by atoms with Crippen molar-refractivity contribution < 1.29 is 47.9 Å². The smallest absolute Gasteiger partial charge is 0.303 e. The molecule has 0 aliphatic carbocycles. The molecular formula is C24H30N6O10S. The Bertz CT molecular complexity index is 1190. The Kier molecular flexibility index (Phi) is 11.6. The Morgan fingerprint density at radius 2 is 1.61 bits per heavy atom. The molecule has 2 saturated heterocycles. The number of hydrogen-bond donors (Lipinski definition) is 1. The fourth-order valence-electron chi connectivity index (χ4n) is 4.30. The standard InChI is InChI=1S/C24H30N6O10S/c1-11-5-7-15(8-6-11)41-24-22(37-14(4)33)20(17(39-24)10-35-12(2)31)40-23-18(28-30-26)21(36-13(3)32)19(34)16(38-23)9-27-29-25/h5-8,16-24,34H,9-10H2,1-4H3/t16-,17+,18?,19+,20+,21+,22+,23+,24-/m0/s1. The highest BCUT2D eigenvalue weighted by Crippen LogP contribution is 2.39. The predicted octanol–water partition coefficient (Wildman–Crippen LogP) is 2.70. The van der Waals surface area contributed by atoms with Crippen molar-refractivity contribution in [2.24, 2.45) is 10.2 Å². The number of rotatable bonds is 11. The molecule has 1 aromatic carbocycles. The lowest BCUT2D eigenvalue weighted by atomic mass is 9.96. The zero-order valence-corrected chi connectivity index (χ0v) is 23.4. The van der Waals surface area contributed by atoms with Gasteiger partial charge in [-0.15, -0.1) is 0 Å². The topological polar surface area (TPSA) is 224 Å². The van der Waals surface area contributed by atoms with Crippen LogP contribution in [0.3, 0.4) is 0 Å². The van der Waals surface area contributed by atoms with Gasteiger partial charge in [0.05, 0.1) is 12.6 Å². The molecule has 9 atom stereocenters. The van der Waals surface area contributed by atoms with Gasteiger partial charge in [-0.25, -0.2) is 0 Å². The predicted molar refractivity (Wildman–Crippen MR) is 140 cm³/mol. The van der Waals surface area contributed by atoms with E-state index in [0.29, 0.717) is 0 Å². The largest absolute Gasteiger partial charge is 0.463 e. The number of benzene rings is 1. The van der Waals surface area contributed by atoms with Gasteiger partial charge in [0.25, 0.3) is 0 Å². The molecule has 0 saturated carbocycles. The first kappa shape index (κ1) is 32.0. The van der Waals surface area contributed by atoms with Crippen LogP contribution in [-0.4, -0.2) is 90.6 Å². The van der Waals surface area contributed by atoms with E-state index in [1.54, 1.807) is 0 Å². The van der Waals surface area contributed by atoms with Crippen LogP contribution in [0.4, 0.5) is 0 Å². The number of thioether (sulfide) groups is 1. The first-order valence-corrected chi connectivity index (χ1v) is 13.3. The molecule has 0 aromatic heterocycles. The number of ether oxygens (including phenoxy) is 6. The molecule has 222 valence electrons. The molecule has 2 fully saturated rings. The van der Waals surface area contributed by atoms with Gasteiger partial charge in [-0.3, -0.25) is 14.4 Å². The van der Waals surface area contributed by atoms with E-state index in [2.05, 4.69) is 20.1 Å². The maximum absolute atomic E-state index is 12.1. The number of aryl methyl sites for hydroxylation is 1. The summed E-state index contributed by atoms with van der Waals surface area (Å²) >= 11 is 1.24. The van der Waals surface area contributed by atoms with Gasteiger partial charge < -0.3 is 33.5 Å². The van der Waals surface area contributed by atoms with Crippen molar-refractivity contribution in [3.63, 3.8) is 0 Å². The molecule has 1 N–H and O–H groups in total. The van der Waals surface area contributed by atoms with Crippen LogP contribution < -0.4 is 0 Å². The van der Waals surface area contributed by atoms with Gasteiger partial charge in [0.15, 0.2) is 12.4 Å². The quantitative estimate of drug-likeness (QED) is 0.129. The van der Waals surface area contributed by atoms with Gasteiger partial charge >= 0.3 is 17.9 Å². The Labute approximate surface area is 238 Å². The highest BCUT2D eigenvalue weighted by molar-refractivity contribution is 7.99. The molecule has 41 heavy (non-hydrogen) atoms. The second-order valence-electron chi connectivity index (χ2n) is 9.17. The second kappa shape index (κ2) is 14.9. The zero-order chi connectivity index (χ0) is 30.1. The molecule has 2 aliphatic heterocycles. The zero-order valence-electron chi connectivity index (χ0n) is 22.6. The summed E-state index contributed by atoms with van der Waals surface area (Å²) < 4.78 is 34.2. The number of aliphatic hydroxyl groups is 1. The van der Waals surface area contributed by atoms with Gasteiger partial charge in [-0.2, -0.15) is 0 Å². The van der Waals surface area contributed by atoms with Gasteiger partial charge in [0.2, 0.25) is 0 Å². The van der Waals surface area contributed by atoms with E-state index in [1.807, 2.05) is 31.2 Å². The maximum Gasteiger partial charge on any atom is 0.303 e. The number of carbonyl (C=O) groups excluding carboxylic acids is 3. The molecule has 2 heterocycles. The van der Waals surface area contributed by atoms with Gasteiger partial charge in [-0.05, 0) is 30.1 Å². The molecule has 17 heteroatoms. The number of aliphatic hydroxyl groups excluding tert-OH is 1. The summed E-state index contributed by atoms with van der Waals surface area (Å²) in [4.78, 5) is 41.8. The molecule has 1 aromatic rings. The van der Waals surface area contributed by atoms with Crippen LogP contribution in [0.1, 0.15) is 26.3 Å². The summed E-state index contributed by atoms with van der Waals surface area (Å²) in [5.41, 5.74) is 18.2. The summed E-state index contributed by atoms with van der Waals surface area (Å²) in [6, 6.07) is 6.09. The Hall–Kier alpha value is -3.56. The van der Waals surface area contributed by atoms with Crippen molar-refractivity contribution in [3.8, 4) is 0 Å². The normalized spacial score (nSPS) is 30.8. The van der Waals surface area contributed by atoms with E-state index in [-0.39, 0.29) is 13.2 Å². The molecule has 0 spiro atoms. The fraction of sp³-hybridized carbons (Fsp3) is 0.625. The number of carbonyl (C=O) groups is 3. The molecular weight excluding hydrogens is 564 g/mol. The van der Waals surface area contributed by atoms with E-state index >= 15 is 0 Å². The summed E-state index contributed by atoms with van der Waals surface area (Å²) in [5.74, 6) is -2.04. The van der Waals surface area contributed by atoms with Crippen molar-refractivity contribution in [1.29, 1.82) is 0 Å². The average Bonchev–Trinajstić information content (AvgIpc) is 3.21. The lowest BCUT2D eigenvalue weighted by Crippen LogP contribution is -2.61. The molecule has 1 unspecified atom stereocenters. The van der Waals surface area contributed by atoms with Crippen LogP contribution >= 0.6 is 11.8 Å². The van der Waals surface area contributed by atoms with Crippen molar-refractivity contribution in [2.75, 3.05) is 13.2 Å². The minimum atomic E-state index is -1.55. The van der Waals surface area contributed by atoms with Crippen molar-refractivity contribution >= 4 is 29.7 Å². The Morgan fingerprint density at radius 1 is 0.951 bits per heavy atom. The van der Waals surface area contributed by atoms with E-state index in [0.717, 1.165) is 17.4 Å². The first-order chi connectivity index (χ1) is 19.5. The molecule has 2 aliphatic rings.